The summed E-state index contributed by atoms with van der Waals surface area (Å²) in [6, 6.07) is 55.7. The van der Waals surface area contributed by atoms with Crippen molar-refractivity contribution in [1.82, 2.24) is 47.0 Å². The van der Waals surface area contributed by atoms with Gasteiger partial charge in [0, 0.05) is 102 Å². The lowest BCUT2D eigenvalue weighted by Crippen LogP contribution is -2.61. The fourth-order valence-electron chi connectivity index (χ4n) is 17.6. The number of hydrogen-bond acceptors (Lipinski definition) is 13. The Morgan fingerprint density at radius 1 is 0.541 bits per heavy atom. The van der Waals surface area contributed by atoms with Crippen molar-refractivity contribution >= 4 is 52.7 Å². The van der Waals surface area contributed by atoms with Crippen LogP contribution < -0.4 is 37.2 Å². The molecule has 7 N–H and O–H groups in total. The summed E-state index contributed by atoms with van der Waals surface area (Å²) in [6.45, 7) is 6.03. The Morgan fingerprint density at radius 2 is 1.06 bits per heavy atom. The Hall–Kier alpha value is -9.69. The van der Waals surface area contributed by atoms with Gasteiger partial charge in [0.1, 0.15) is 11.6 Å². The molecule has 18 heteroatoms. The van der Waals surface area contributed by atoms with Gasteiger partial charge in [0.2, 0.25) is 23.6 Å². The number of aryl methyl sites for hydroxylation is 1. The zero-order valence-corrected chi connectivity index (χ0v) is 65.5. The average molecular weight is 1500 g/mol. The van der Waals surface area contributed by atoms with Gasteiger partial charge in [-0.3, -0.25) is 48.1 Å². The van der Waals surface area contributed by atoms with Gasteiger partial charge in [-0.25, -0.2) is 0 Å². The van der Waals surface area contributed by atoms with Crippen LogP contribution in [0.3, 0.4) is 0 Å². The highest BCUT2D eigenvalue weighted by atomic mass is 16.2. The van der Waals surface area contributed by atoms with Crippen molar-refractivity contribution in [1.29, 1.82) is 0 Å². The van der Waals surface area contributed by atoms with Crippen molar-refractivity contribution in [2.24, 2.45) is 17.8 Å². The summed E-state index contributed by atoms with van der Waals surface area (Å²) in [6.07, 6.45) is 11.6. The number of hydrogen-bond donors (Lipinski definition) is 7. The molecule has 6 aromatic rings. The molecule has 0 radical (unpaired) electrons. The van der Waals surface area contributed by atoms with Crippen LogP contribution in [0.4, 0.5) is 0 Å². The summed E-state index contributed by atoms with van der Waals surface area (Å²) in [5, 5.41) is 22.7. The van der Waals surface area contributed by atoms with Crippen molar-refractivity contribution in [2.75, 3.05) is 40.3 Å². The second-order valence-corrected chi connectivity index (χ2v) is 30.6. The standard InChI is InChI=1S/C93H115N9O9/c1-5-79(94-3)84(104)62-78-70(65-96-64-68-36-19-12-20-37-68)53-55-76-57-58-82(102(76)90(78)110)85(105)63-92(71-40-21-13-22-41-71,72-42-23-14-24-43-72)86(106)50-33-60-97-87(107)51-30-10-8-7-9-29-48-77(103)49-32-61-98-91(111)93(73-44-25-15-26-45-73,74-46-27-16-28-47-74)100-89(109)83-59-56-75-54-52-69(39-31-38-67-34-17-11-18-35-67)81(66-101(75)83)99-88(108)80(6-2)95-4/h11-28,34-37,40-47,69-70,75-76,78-83,94-96H,5-6,29-33,38-39,48-66H2,1-4H3,(H,97,107)(H,98,111)(H,99,108)(H,100,109)/t69-,70+,75-,76-,78-,79-,80-,81+,82-,83-/m0/s1. The molecule has 586 valence electrons. The van der Waals surface area contributed by atoms with E-state index in [1.807, 2.05) is 166 Å². The summed E-state index contributed by atoms with van der Waals surface area (Å²) in [7, 11) is 3.57. The molecule has 0 saturated carbocycles. The zero-order valence-electron chi connectivity index (χ0n) is 65.5. The Balaban J connectivity index is 0.699. The highest BCUT2D eigenvalue weighted by molar-refractivity contribution is 6.02. The zero-order chi connectivity index (χ0) is 78.4. The third kappa shape index (κ3) is 22.1. The fraction of sp³-hybridized carbons (Fsp3) is 0.473. The van der Waals surface area contributed by atoms with Crippen LogP contribution in [-0.2, 0) is 67.1 Å². The number of carbonyl (C=O) groups excluding carboxylic acids is 9. The quantitative estimate of drug-likeness (QED) is 0.0140. The van der Waals surface area contributed by atoms with Crippen molar-refractivity contribution in [3.8, 4) is 23.7 Å². The van der Waals surface area contributed by atoms with Crippen LogP contribution in [0.15, 0.2) is 182 Å². The molecular formula is C93H115N9O9. The number of amides is 5. The number of Topliss-reactive ketones (excluding diaryl/α,β-unsaturated/α-hetero) is 4. The van der Waals surface area contributed by atoms with E-state index in [-0.39, 0.29) is 147 Å². The van der Waals surface area contributed by atoms with E-state index < -0.39 is 40.9 Å². The summed E-state index contributed by atoms with van der Waals surface area (Å²) in [5.41, 5.74) is 1.92. The number of carbonyl (C=O) groups is 9. The molecule has 4 saturated heterocycles. The smallest absolute Gasteiger partial charge is 0.255 e. The SMILES string of the molecule is CC[C@H](NC)C(=O)C[C@@H]1C(=O)N2[C@@H](CC[C@@H]1CNCc1ccccc1)CC[C@H]2C(=O)CC(C(=O)CCCNC(=O)CCC#CC#CCCC(=O)CCCNC(=O)C(NC(=O)[C@@H]1CC[C@@H]2CC[C@H](CCCc3ccccc3)[C@H](NC(=O)[C@H](CC)NC)CN21)(c1ccccc1)c1ccccc1)(c1ccccc1)c1ccccc1. The van der Waals surface area contributed by atoms with Gasteiger partial charge in [0.15, 0.2) is 17.1 Å². The van der Waals surface area contributed by atoms with Crippen molar-refractivity contribution in [3.63, 3.8) is 0 Å². The first-order chi connectivity index (χ1) is 54.1. The van der Waals surface area contributed by atoms with Crippen molar-refractivity contribution in [3.05, 3.63) is 215 Å². The second kappa shape index (κ2) is 42.6. The molecule has 18 nitrogen and oxygen atoms in total. The van der Waals surface area contributed by atoms with Gasteiger partial charge in [0.05, 0.1) is 29.6 Å². The van der Waals surface area contributed by atoms with E-state index in [4.69, 9.17) is 0 Å². The summed E-state index contributed by atoms with van der Waals surface area (Å²) in [4.78, 5) is 134. The first kappa shape index (κ1) is 83.8. The number of ketones is 4. The average Bonchev–Trinajstić information content (AvgIpc) is 1.30. The third-order valence-electron chi connectivity index (χ3n) is 23.7. The molecule has 5 amide bonds. The molecule has 111 heavy (non-hydrogen) atoms. The number of rotatable bonds is 40. The molecular weight excluding hydrogens is 1390 g/mol. The van der Waals surface area contributed by atoms with Gasteiger partial charge >= 0.3 is 0 Å². The summed E-state index contributed by atoms with van der Waals surface area (Å²) in [5.74, 6) is 9.46. The minimum Gasteiger partial charge on any atom is -0.356 e. The van der Waals surface area contributed by atoms with E-state index >= 15 is 24.0 Å². The maximum Gasteiger partial charge on any atom is 0.255 e. The summed E-state index contributed by atoms with van der Waals surface area (Å²) >= 11 is 0. The Kier molecular flexibility index (Phi) is 32.2. The van der Waals surface area contributed by atoms with Crippen LogP contribution in [0.25, 0.3) is 0 Å². The fourth-order valence-corrected chi connectivity index (χ4v) is 17.6. The molecule has 10 atom stereocenters. The molecule has 6 aromatic carbocycles. The van der Waals surface area contributed by atoms with E-state index in [9.17, 15) is 19.2 Å². The van der Waals surface area contributed by atoms with Gasteiger partial charge in [-0.2, -0.15) is 0 Å². The van der Waals surface area contributed by atoms with Crippen LogP contribution in [0, 0.1) is 41.4 Å². The number of nitrogens with zero attached hydrogens (tertiary/aromatic N) is 2. The topological polar surface area (TPSA) is 244 Å². The maximum absolute atomic E-state index is 15.4. The molecule has 0 aliphatic carbocycles. The van der Waals surface area contributed by atoms with E-state index in [1.54, 1.807) is 11.9 Å². The minimum atomic E-state index is -1.62. The van der Waals surface area contributed by atoms with Gasteiger partial charge in [-0.1, -0.05) is 208 Å². The predicted molar refractivity (Wildman–Crippen MR) is 435 cm³/mol. The molecule has 10 rings (SSSR count). The van der Waals surface area contributed by atoms with Crippen molar-refractivity contribution in [2.45, 2.75) is 221 Å². The molecule has 4 heterocycles. The number of fused-ring (bicyclic) bond motifs is 2. The maximum atomic E-state index is 15.4. The number of nitrogens with one attached hydrogen (secondary N) is 7. The highest BCUT2D eigenvalue weighted by Gasteiger charge is 2.52. The first-order valence-electron chi connectivity index (χ1n) is 40.8. The minimum absolute atomic E-state index is 0.0198. The molecule has 4 aliphatic heterocycles. The normalized spacial score (nSPS) is 20.2. The molecule has 0 aromatic heterocycles. The van der Waals surface area contributed by atoms with E-state index in [2.05, 4.69) is 102 Å². The predicted octanol–water partition coefficient (Wildman–Crippen LogP) is 11.4. The molecule has 0 spiro atoms. The van der Waals surface area contributed by atoms with Gasteiger partial charge in [-0.15, -0.1) is 0 Å². The largest absolute Gasteiger partial charge is 0.356 e. The number of benzene rings is 6. The van der Waals surface area contributed by atoms with E-state index in [0.717, 1.165) is 50.5 Å². The van der Waals surface area contributed by atoms with Crippen molar-refractivity contribution < 1.29 is 43.2 Å². The molecule has 4 aliphatic rings. The van der Waals surface area contributed by atoms with Crippen LogP contribution >= 0.6 is 0 Å². The van der Waals surface area contributed by atoms with Gasteiger partial charge in [0.25, 0.3) is 5.91 Å². The molecule has 0 bridgehead atoms. The third-order valence-corrected chi connectivity index (χ3v) is 23.7. The Bertz CT molecular complexity index is 4080. The summed E-state index contributed by atoms with van der Waals surface area (Å²) < 4.78 is 0. The highest BCUT2D eigenvalue weighted by Crippen LogP contribution is 2.44. The van der Waals surface area contributed by atoms with E-state index in [0.29, 0.717) is 93.3 Å². The lowest BCUT2D eigenvalue weighted by atomic mass is 9.66. The monoisotopic (exact) mass is 1500 g/mol. The van der Waals surface area contributed by atoms with Crippen LogP contribution in [0.5, 0.6) is 0 Å². The Labute approximate surface area is 657 Å². The molecule has 4 fully saturated rings. The first-order valence-corrected chi connectivity index (χ1v) is 40.8. The molecule has 0 unspecified atom stereocenters. The lowest BCUT2D eigenvalue weighted by molar-refractivity contribution is -0.145. The van der Waals surface area contributed by atoms with Crippen LogP contribution in [0.2, 0.25) is 0 Å². The Morgan fingerprint density at radius 3 is 1.67 bits per heavy atom. The number of likely N-dealkylation sites (N-methyl/N-ethyl adjacent to an activating group) is 2. The van der Waals surface area contributed by atoms with Gasteiger partial charge < -0.3 is 42.1 Å². The van der Waals surface area contributed by atoms with Crippen LogP contribution in [-0.4, -0.2) is 145 Å². The second-order valence-electron chi connectivity index (χ2n) is 30.6. The van der Waals surface area contributed by atoms with Gasteiger partial charge in [-0.05, 0) is 174 Å². The lowest BCUT2D eigenvalue weighted by Gasteiger charge is -2.38. The van der Waals surface area contributed by atoms with E-state index in [1.165, 1.54) is 5.56 Å². The van der Waals surface area contributed by atoms with Crippen LogP contribution in [0.1, 0.15) is 188 Å².